The molecule has 27 heavy (non-hydrogen) atoms. The van der Waals surface area contributed by atoms with Crippen LogP contribution in [-0.2, 0) is 20.9 Å². The number of amides is 1. The van der Waals surface area contributed by atoms with Crippen molar-refractivity contribution in [1.29, 1.82) is 0 Å². The Hall–Kier alpha value is -2.58. The molecule has 0 N–H and O–H groups in total. The number of likely N-dealkylation sites (N-methyl/N-ethyl adjacent to an activating group) is 1. The molecule has 142 valence electrons. The molecule has 0 aliphatic rings. The van der Waals surface area contributed by atoms with Gasteiger partial charge in [-0.15, -0.1) is 11.3 Å². The van der Waals surface area contributed by atoms with E-state index in [1.54, 1.807) is 37.4 Å². The summed E-state index contributed by atoms with van der Waals surface area (Å²) in [5, 5.41) is 0. The zero-order valence-corrected chi connectivity index (χ0v) is 16.2. The topological polar surface area (TPSA) is 81.8 Å². The van der Waals surface area contributed by atoms with Crippen molar-refractivity contribution in [2.75, 3.05) is 13.7 Å². The molecule has 0 bridgehead atoms. The Kier molecular flexibility index (Phi) is 5.67. The van der Waals surface area contributed by atoms with Crippen molar-refractivity contribution < 1.29 is 18.7 Å². The highest BCUT2D eigenvalue weighted by Gasteiger charge is 2.23. The quantitative estimate of drug-likeness (QED) is 0.585. The second kappa shape index (κ2) is 7.98. The molecule has 3 rings (SSSR count). The Morgan fingerprint density at radius 3 is 2.74 bits per heavy atom. The fraction of sp³-hybridized carbons (Fsp3) is 0.278. The molecule has 0 aliphatic heterocycles. The first-order valence-electron chi connectivity index (χ1n) is 8.11. The number of thiophene rings is 1. The average Bonchev–Trinajstić information content (AvgIpc) is 3.20. The lowest BCUT2D eigenvalue weighted by Gasteiger charge is -2.17. The first-order valence-corrected chi connectivity index (χ1v) is 9.31. The van der Waals surface area contributed by atoms with E-state index >= 15 is 0 Å². The van der Waals surface area contributed by atoms with Crippen LogP contribution in [-0.4, -0.2) is 35.0 Å². The molecule has 0 aliphatic carbocycles. The van der Waals surface area contributed by atoms with E-state index in [4.69, 9.17) is 20.8 Å². The summed E-state index contributed by atoms with van der Waals surface area (Å²) in [6.07, 6.45) is 0. The smallest absolute Gasteiger partial charge is 0.420 e. The van der Waals surface area contributed by atoms with E-state index < -0.39 is 24.4 Å². The number of benzene rings is 1. The minimum absolute atomic E-state index is 0.357. The number of nitrogens with zero attached hydrogens (tertiary/aromatic N) is 2. The van der Waals surface area contributed by atoms with Crippen LogP contribution >= 0.6 is 22.9 Å². The summed E-state index contributed by atoms with van der Waals surface area (Å²) in [6, 6.07) is 9.45. The number of esters is 1. The molecule has 1 atom stereocenters. The van der Waals surface area contributed by atoms with Crippen molar-refractivity contribution in [3.8, 4) is 0 Å². The fourth-order valence-corrected chi connectivity index (χ4v) is 3.72. The summed E-state index contributed by atoms with van der Waals surface area (Å²) in [7, 11) is 1.61. The molecular formula is C18H17ClN2O5S. The lowest BCUT2D eigenvalue weighted by atomic mass is 10.3. The van der Waals surface area contributed by atoms with Gasteiger partial charge in [-0.3, -0.25) is 9.36 Å². The number of halogens is 1. The van der Waals surface area contributed by atoms with Crippen LogP contribution in [0.4, 0.5) is 0 Å². The van der Waals surface area contributed by atoms with Gasteiger partial charge in [0, 0.05) is 11.9 Å². The number of hydrogen-bond donors (Lipinski definition) is 0. The molecule has 0 fully saturated rings. The summed E-state index contributed by atoms with van der Waals surface area (Å²) in [6.45, 7) is 1.48. The van der Waals surface area contributed by atoms with E-state index in [2.05, 4.69) is 0 Å². The molecule has 0 radical (unpaired) electrons. The second-order valence-electron chi connectivity index (χ2n) is 5.95. The number of aromatic nitrogens is 1. The van der Waals surface area contributed by atoms with Crippen molar-refractivity contribution in [1.82, 2.24) is 9.47 Å². The number of rotatable bonds is 6. The van der Waals surface area contributed by atoms with Crippen LogP contribution in [0.3, 0.4) is 0 Å². The van der Waals surface area contributed by atoms with Gasteiger partial charge in [0.15, 0.2) is 12.2 Å². The molecule has 1 unspecified atom stereocenters. The molecule has 0 saturated carbocycles. The van der Waals surface area contributed by atoms with E-state index in [1.807, 2.05) is 6.07 Å². The molecule has 0 spiro atoms. The van der Waals surface area contributed by atoms with Crippen LogP contribution < -0.4 is 5.76 Å². The number of carbonyl (C=O) groups excluding carboxylic acids is 2. The molecule has 2 heterocycles. The summed E-state index contributed by atoms with van der Waals surface area (Å²) in [5.41, 5.74) is 0.873. The Morgan fingerprint density at radius 1 is 1.30 bits per heavy atom. The third-order valence-electron chi connectivity index (χ3n) is 4.03. The molecule has 7 nitrogen and oxygen atoms in total. The van der Waals surface area contributed by atoms with Gasteiger partial charge in [0.1, 0.15) is 6.04 Å². The van der Waals surface area contributed by atoms with Gasteiger partial charge < -0.3 is 14.1 Å². The van der Waals surface area contributed by atoms with Crippen molar-refractivity contribution in [2.45, 2.75) is 19.5 Å². The van der Waals surface area contributed by atoms with E-state index in [-0.39, 0.29) is 5.91 Å². The molecule has 1 amide bonds. The van der Waals surface area contributed by atoms with Crippen molar-refractivity contribution in [3.63, 3.8) is 0 Å². The summed E-state index contributed by atoms with van der Waals surface area (Å²) >= 11 is 7.25. The monoisotopic (exact) mass is 408 g/mol. The highest BCUT2D eigenvalue weighted by atomic mass is 35.5. The van der Waals surface area contributed by atoms with Crippen LogP contribution in [0.15, 0.2) is 45.6 Å². The van der Waals surface area contributed by atoms with Gasteiger partial charge in [-0.05, 0) is 31.2 Å². The standard InChI is InChI=1S/C18H17ClN2O5S/c1-11(21-13-5-3-4-6-14(13)26-18(21)24)17(23)25-10-16(22)20(2)9-12-7-8-15(19)27-12/h3-8,11H,9-10H2,1-2H3. The number of fused-ring (bicyclic) bond motifs is 1. The maximum Gasteiger partial charge on any atom is 0.420 e. The third-order valence-corrected chi connectivity index (χ3v) is 5.25. The van der Waals surface area contributed by atoms with E-state index in [0.717, 1.165) is 4.88 Å². The largest absolute Gasteiger partial charge is 0.454 e. The maximum atomic E-state index is 12.3. The van der Waals surface area contributed by atoms with Gasteiger partial charge in [-0.1, -0.05) is 23.7 Å². The van der Waals surface area contributed by atoms with Gasteiger partial charge in [-0.25, -0.2) is 9.59 Å². The Morgan fingerprint density at radius 2 is 2.04 bits per heavy atom. The lowest BCUT2D eigenvalue weighted by Crippen LogP contribution is -2.33. The van der Waals surface area contributed by atoms with E-state index in [1.165, 1.54) is 27.7 Å². The Balaban J connectivity index is 1.62. The SMILES string of the molecule is CC(C(=O)OCC(=O)N(C)Cc1ccc(Cl)s1)n1c(=O)oc2ccccc21. The van der Waals surface area contributed by atoms with Gasteiger partial charge in [-0.2, -0.15) is 0 Å². The highest BCUT2D eigenvalue weighted by Crippen LogP contribution is 2.22. The van der Waals surface area contributed by atoms with Crippen molar-refractivity contribution >= 4 is 45.9 Å². The van der Waals surface area contributed by atoms with E-state index in [9.17, 15) is 14.4 Å². The predicted molar refractivity (Wildman–Crippen MR) is 102 cm³/mol. The fourth-order valence-electron chi connectivity index (χ4n) is 2.58. The lowest BCUT2D eigenvalue weighted by molar-refractivity contribution is -0.154. The van der Waals surface area contributed by atoms with Crippen LogP contribution in [0.5, 0.6) is 0 Å². The molecular weight excluding hydrogens is 392 g/mol. The Bertz CT molecular complexity index is 1040. The number of oxazole rings is 1. The van der Waals surface area contributed by atoms with Crippen LogP contribution in [0.2, 0.25) is 4.34 Å². The molecule has 0 saturated heterocycles. The van der Waals surface area contributed by atoms with Crippen molar-refractivity contribution in [3.05, 3.63) is 56.2 Å². The first-order chi connectivity index (χ1) is 12.9. The highest BCUT2D eigenvalue weighted by molar-refractivity contribution is 7.16. The minimum atomic E-state index is -0.921. The van der Waals surface area contributed by atoms with E-state index in [0.29, 0.717) is 22.0 Å². The number of ether oxygens (including phenoxy) is 1. The zero-order valence-electron chi connectivity index (χ0n) is 14.7. The summed E-state index contributed by atoms with van der Waals surface area (Å²) < 4.78 is 12.1. The predicted octanol–water partition coefficient (Wildman–Crippen LogP) is 3.07. The first kappa shape index (κ1) is 19.2. The second-order valence-corrected chi connectivity index (χ2v) is 7.74. The van der Waals surface area contributed by atoms with Gasteiger partial charge >= 0.3 is 11.7 Å². The third kappa shape index (κ3) is 4.23. The zero-order chi connectivity index (χ0) is 19.6. The minimum Gasteiger partial charge on any atom is -0.454 e. The van der Waals surface area contributed by atoms with Gasteiger partial charge in [0.25, 0.3) is 5.91 Å². The molecule has 3 aromatic rings. The summed E-state index contributed by atoms with van der Waals surface area (Å²) in [4.78, 5) is 38.9. The molecule has 1 aromatic carbocycles. The molecule has 9 heteroatoms. The number of para-hydroxylation sites is 2. The summed E-state index contributed by atoms with van der Waals surface area (Å²) in [5.74, 6) is -1.70. The van der Waals surface area contributed by atoms with Gasteiger partial charge in [0.05, 0.1) is 16.4 Å². The van der Waals surface area contributed by atoms with Crippen LogP contribution in [0.1, 0.15) is 17.8 Å². The Labute approximate surface area is 163 Å². The maximum absolute atomic E-state index is 12.3. The van der Waals surface area contributed by atoms with Crippen LogP contribution in [0.25, 0.3) is 11.1 Å². The number of hydrogen-bond acceptors (Lipinski definition) is 6. The van der Waals surface area contributed by atoms with Gasteiger partial charge in [0.2, 0.25) is 0 Å². The molecule has 2 aromatic heterocycles. The van der Waals surface area contributed by atoms with Crippen molar-refractivity contribution in [2.24, 2.45) is 0 Å². The average molecular weight is 409 g/mol. The van der Waals surface area contributed by atoms with Crippen LogP contribution in [0, 0.1) is 0 Å². The normalized spacial score (nSPS) is 12.1. The number of carbonyl (C=O) groups is 2.